The van der Waals surface area contributed by atoms with Crippen LogP contribution in [0.4, 0.5) is 4.39 Å². The van der Waals surface area contributed by atoms with E-state index in [0.717, 1.165) is 24.9 Å². The van der Waals surface area contributed by atoms with Crippen LogP contribution >= 0.6 is 0 Å². The summed E-state index contributed by atoms with van der Waals surface area (Å²) in [4.78, 5) is 11.5. The molecule has 1 amide bonds. The molecule has 1 aromatic rings. The smallest absolute Gasteiger partial charge is 0.226 e. The van der Waals surface area contributed by atoms with Gasteiger partial charge < -0.3 is 10.1 Å². The van der Waals surface area contributed by atoms with Gasteiger partial charge in [-0.1, -0.05) is 6.07 Å². The standard InChI is InChI=1S/C13H16FNO2/c1-9-4-5-11(14)7-12(9)17-8-10-3-2-6-15-13(10)16/h4-5,7,10H,2-3,6,8H2,1H3,(H,15,16). The van der Waals surface area contributed by atoms with Crippen molar-refractivity contribution in [3.05, 3.63) is 29.6 Å². The Hall–Kier alpha value is -1.58. The van der Waals surface area contributed by atoms with Gasteiger partial charge in [-0.25, -0.2) is 4.39 Å². The molecule has 2 rings (SSSR count). The number of carbonyl (C=O) groups excluding carboxylic acids is 1. The van der Waals surface area contributed by atoms with Gasteiger partial charge in [0, 0.05) is 12.6 Å². The van der Waals surface area contributed by atoms with Crippen LogP contribution in [0, 0.1) is 18.7 Å². The molecule has 1 unspecified atom stereocenters. The lowest BCUT2D eigenvalue weighted by Crippen LogP contribution is -2.39. The summed E-state index contributed by atoms with van der Waals surface area (Å²) in [6, 6.07) is 4.43. The molecule has 1 aromatic carbocycles. The summed E-state index contributed by atoms with van der Waals surface area (Å²) >= 11 is 0. The Morgan fingerprint density at radius 1 is 1.53 bits per heavy atom. The SMILES string of the molecule is Cc1ccc(F)cc1OCC1CCCNC1=O. The quantitative estimate of drug-likeness (QED) is 0.873. The number of ether oxygens (including phenoxy) is 1. The summed E-state index contributed by atoms with van der Waals surface area (Å²) in [6.07, 6.45) is 1.81. The van der Waals surface area contributed by atoms with Crippen molar-refractivity contribution in [2.75, 3.05) is 13.2 Å². The first-order valence-electron chi connectivity index (χ1n) is 5.83. The number of nitrogens with one attached hydrogen (secondary N) is 1. The number of amides is 1. The molecule has 0 aromatic heterocycles. The van der Waals surface area contributed by atoms with Gasteiger partial charge in [-0.2, -0.15) is 0 Å². The number of halogens is 1. The van der Waals surface area contributed by atoms with Crippen molar-refractivity contribution in [3.63, 3.8) is 0 Å². The van der Waals surface area contributed by atoms with Crippen molar-refractivity contribution in [1.29, 1.82) is 0 Å². The van der Waals surface area contributed by atoms with Crippen molar-refractivity contribution < 1.29 is 13.9 Å². The monoisotopic (exact) mass is 237 g/mol. The van der Waals surface area contributed by atoms with Crippen LogP contribution < -0.4 is 10.1 Å². The molecule has 1 aliphatic heterocycles. The summed E-state index contributed by atoms with van der Waals surface area (Å²) in [5, 5.41) is 2.80. The summed E-state index contributed by atoms with van der Waals surface area (Å²) in [5.74, 6) is 0.110. The Morgan fingerprint density at radius 3 is 3.12 bits per heavy atom. The molecule has 1 heterocycles. The summed E-state index contributed by atoms with van der Waals surface area (Å²) in [6.45, 7) is 2.92. The fourth-order valence-electron chi connectivity index (χ4n) is 1.91. The van der Waals surface area contributed by atoms with E-state index in [-0.39, 0.29) is 17.6 Å². The molecule has 17 heavy (non-hydrogen) atoms. The van der Waals surface area contributed by atoms with Gasteiger partial charge in [-0.05, 0) is 31.4 Å². The van der Waals surface area contributed by atoms with Crippen LogP contribution in [0.25, 0.3) is 0 Å². The number of piperidine rings is 1. The number of aryl methyl sites for hydroxylation is 1. The number of carbonyl (C=O) groups is 1. The van der Waals surface area contributed by atoms with Gasteiger partial charge in [0.05, 0.1) is 12.5 Å². The predicted octanol–water partition coefficient (Wildman–Crippen LogP) is 2.04. The first-order valence-corrected chi connectivity index (χ1v) is 5.83. The summed E-state index contributed by atoms with van der Waals surface area (Å²) < 4.78 is 18.6. The van der Waals surface area contributed by atoms with E-state index in [0.29, 0.717) is 12.4 Å². The van der Waals surface area contributed by atoms with Crippen LogP contribution in [-0.4, -0.2) is 19.1 Å². The number of hydrogen-bond acceptors (Lipinski definition) is 2. The minimum Gasteiger partial charge on any atom is -0.492 e. The molecule has 0 spiro atoms. The maximum Gasteiger partial charge on any atom is 0.226 e. The van der Waals surface area contributed by atoms with E-state index >= 15 is 0 Å². The molecule has 1 atom stereocenters. The van der Waals surface area contributed by atoms with Crippen molar-refractivity contribution in [3.8, 4) is 5.75 Å². The normalized spacial score (nSPS) is 19.9. The molecule has 3 nitrogen and oxygen atoms in total. The Balaban J connectivity index is 1.97. The van der Waals surface area contributed by atoms with Gasteiger partial charge in [0.1, 0.15) is 11.6 Å². The third kappa shape index (κ3) is 2.96. The van der Waals surface area contributed by atoms with Crippen molar-refractivity contribution in [1.82, 2.24) is 5.32 Å². The zero-order chi connectivity index (χ0) is 12.3. The average Bonchev–Trinajstić information content (AvgIpc) is 2.32. The predicted molar refractivity (Wildman–Crippen MR) is 62.4 cm³/mol. The lowest BCUT2D eigenvalue weighted by atomic mass is 10.00. The Labute approximate surface area is 100.0 Å². The van der Waals surface area contributed by atoms with E-state index in [1.807, 2.05) is 6.92 Å². The molecular formula is C13H16FNO2. The van der Waals surface area contributed by atoms with Gasteiger partial charge in [0.15, 0.2) is 0 Å². The molecule has 0 aliphatic carbocycles. The lowest BCUT2D eigenvalue weighted by molar-refractivity contribution is -0.127. The molecule has 0 saturated carbocycles. The number of benzene rings is 1. The maximum atomic E-state index is 13.0. The largest absolute Gasteiger partial charge is 0.492 e. The van der Waals surface area contributed by atoms with Crippen LogP contribution in [0.5, 0.6) is 5.75 Å². The molecule has 4 heteroatoms. The third-order valence-corrected chi connectivity index (χ3v) is 2.99. The van der Waals surface area contributed by atoms with E-state index < -0.39 is 0 Å². The highest BCUT2D eigenvalue weighted by atomic mass is 19.1. The van der Waals surface area contributed by atoms with Crippen LogP contribution in [0.2, 0.25) is 0 Å². The molecule has 1 fully saturated rings. The van der Waals surface area contributed by atoms with Gasteiger partial charge >= 0.3 is 0 Å². The average molecular weight is 237 g/mol. The summed E-state index contributed by atoms with van der Waals surface area (Å²) in [5.41, 5.74) is 0.877. The van der Waals surface area contributed by atoms with Crippen LogP contribution in [0.15, 0.2) is 18.2 Å². The maximum absolute atomic E-state index is 13.0. The zero-order valence-electron chi connectivity index (χ0n) is 9.83. The van der Waals surface area contributed by atoms with Crippen LogP contribution in [-0.2, 0) is 4.79 Å². The van der Waals surface area contributed by atoms with Crippen molar-refractivity contribution in [2.45, 2.75) is 19.8 Å². The summed E-state index contributed by atoms with van der Waals surface area (Å²) in [7, 11) is 0. The van der Waals surface area contributed by atoms with E-state index in [1.165, 1.54) is 12.1 Å². The highest BCUT2D eigenvalue weighted by Crippen LogP contribution is 2.21. The van der Waals surface area contributed by atoms with Crippen molar-refractivity contribution in [2.24, 2.45) is 5.92 Å². The molecule has 1 N–H and O–H groups in total. The van der Waals surface area contributed by atoms with E-state index in [9.17, 15) is 9.18 Å². The molecule has 1 aliphatic rings. The number of hydrogen-bond donors (Lipinski definition) is 1. The Morgan fingerprint density at radius 2 is 2.35 bits per heavy atom. The molecule has 0 bridgehead atoms. The fourth-order valence-corrected chi connectivity index (χ4v) is 1.91. The molecule has 1 saturated heterocycles. The van der Waals surface area contributed by atoms with E-state index in [2.05, 4.69) is 5.32 Å². The van der Waals surface area contributed by atoms with Gasteiger partial charge in [-0.3, -0.25) is 4.79 Å². The highest BCUT2D eigenvalue weighted by Gasteiger charge is 2.22. The second-order valence-corrected chi connectivity index (χ2v) is 4.35. The van der Waals surface area contributed by atoms with Gasteiger partial charge in [-0.15, -0.1) is 0 Å². The van der Waals surface area contributed by atoms with Gasteiger partial charge in [0.2, 0.25) is 5.91 Å². The second-order valence-electron chi connectivity index (χ2n) is 4.35. The Bertz CT molecular complexity index is 420. The van der Waals surface area contributed by atoms with Crippen LogP contribution in [0.3, 0.4) is 0 Å². The van der Waals surface area contributed by atoms with Crippen molar-refractivity contribution >= 4 is 5.91 Å². The first-order chi connectivity index (χ1) is 8.16. The van der Waals surface area contributed by atoms with Crippen LogP contribution in [0.1, 0.15) is 18.4 Å². The second kappa shape index (κ2) is 5.17. The molecule has 92 valence electrons. The minimum atomic E-state index is -0.321. The van der Waals surface area contributed by atoms with E-state index in [4.69, 9.17) is 4.74 Å². The Kier molecular flexibility index (Phi) is 3.61. The third-order valence-electron chi connectivity index (χ3n) is 2.99. The lowest BCUT2D eigenvalue weighted by Gasteiger charge is -2.22. The minimum absolute atomic E-state index is 0.0327. The number of rotatable bonds is 3. The fraction of sp³-hybridized carbons (Fsp3) is 0.462. The molecule has 0 radical (unpaired) electrons. The topological polar surface area (TPSA) is 38.3 Å². The zero-order valence-corrected chi connectivity index (χ0v) is 9.83. The highest BCUT2D eigenvalue weighted by molar-refractivity contribution is 5.79. The molecular weight excluding hydrogens is 221 g/mol. The first kappa shape index (κ1) is 11.9. The van der Waals surface area contributed by atoms with Gasteiger partial charge in [0.25, 0.3) is 0 Å². The van der Waals surface area contributed by atoms with E-state index in [1.54, 1.807) is 6.07 Å².